The van der Waals surface area contributed by atoms with Crippen molar-refractivity contribution in [2.75, 3.05) is 6.61 Å². The van der Waals surface area contributed by atoms with Crippen molar-refractivity contribution >= 4 is 27.7 Å². The van der Waals surface area contributed by atoms with E-state index in [0.29, 0.717) is 33.9 Å². The lowest BCUT2D eigenvalue weighted by Gasteiger charge is -2.26. The van der Waals surface area contributed by atoms with E-state index in [0.717, 1.165) is 0 Å². The first-order valence-electron chi connectivity index (χ1n) is 8.95. The van der Waals surface area contributed by atoms with Gasteiger partial charge in [0.15, 0.2) is 5.78 Å². The Kier molecular flexibility index (Phi) is 4.93. The number of hydrogen-bond acceptors (Lipinski definition) is 5. The van der Waals surface area contributed by atoms with Crippen LogP contribution >= 0.6 is 0 Å². The van der Waals surface area contributed by atoms with E-state index < -0.39 is 11.2 Å². The Morgan fingerprint density at radius 1 is 1.04 bits per heavy atom. The van der Waals surface area contributed by atoms with Crippen molar-refractivity contribution in [3.05, 3.63) is 58.3 Å². The molecule has 1 heterocycles. The SMILES string of the molecule is CC(C)(O)CCOC(C)(C)C(=O)c1ccc2oc3ccccc3c(=O)c2c1. The first kappa shape index (κ1) is 19.3. The van der Waals surface area contributed by atoms with Crippen molar-refractivity contribution in [3.8, 4) is 0 Å². The molecule has 1 N–H and O–H groups in total. The fraction of sp³-hybridized carbons (Fsp3) is 0.364. The molecule has 0 bridgehead atoms. The number of hydrogen-bond donors (Lipinski definition) is 1. The number of ketones is 1. The topological polar surface area (TPSA) is 76.7 Å². The lowest BCUT2D eigenvalue weighted by molar-refractivity contribution is -0.0315. The van der Waals surface area contributed by atoms with Crippen LogP contribution in [0.4, 0.5) is 0 Å². The van der Waals surface area contributed by atoms with Crippen molar-refractivity contribution in [1.29, 1.82) is 0 Å². The van der Waals surface area contributed by atoms with Crippen LogP contribution in [0, 0.1) is 0 Å². The summed E-state index contributed by atoms with van der Waals surface area (Å²) in [7, 11) is 0. The van der Waals surface area contributed by atoms with Gasteiger partial charge in [0.2, 0.25) is 5.43 Å². The smallest absolute Gasteiger partial charge is 0.200 e. The van der Waals surface area contributed by atoms with E-state index >= 15 is 0 Å². The number of benzene rings is 2. The predicted octanol–water partition coefficient (Wildman–Crippen LogP) is 4.09. The monoisotopic (exact) mass is 368 g/mol. The highest BCUT2D eigenvalue weighted by Crippen LogP contribution is 2.23. The van der Waals surface area contributed by atoms with E-state index in [1.807, 2.05) is 6.07 Å². The second-order valence-corrected chi connectivity index (χ2v) is 7.89. The standard InChI is InChI=1S/C22H24O5/c1-21(2,25)11-12-26-22(3,4)20(24)14-9-10-18-16(13-14)19(23)15-7-5-6-8-17(15)27-18/h5-10,13,25H,11-12H2,1-4H3. The zero-order valence-corrected chi connectivity index (χ0v) is 16.0. The average molecular weight is 368 g/mol. The number of ether oxygens (including phenoxy) is 1. The summed E-state index contributed by atoms with van der Waals surface area (Å²) in [6.45, 7) is 7.01. The minimum Gasteiger partial charge on any atom is -0.456 e. The zero-order chi connectivity index (χ0) is 19.8. The van der Waals surface area contributed by atoms with Gasteiger partial charge in [-0.1, -0.05) is 12.1 Å². The van der Waals surface area contributed by atoms with E-state index in [1.165, 1.54) is 0 Å². The molecule has 0 atom stereocenters. The van der Waals surface area contributed by atoms with Gasteiger partial charge in [0.1, 0.15) is 16.8 Å². The van der Waals surface area contributed by atoms with Gasteiger partial charge in [0.25, 0.3) is 0 Å². The van der Waals surface area contributed by atoms with Gasteiger partial charge in [0, 0.05) is 5.56 Å². The Morgan fingerprint density at radius 2 is 1.70 bits per heavy atom. The highest BCUT2D eigenvalue weighted by molar-refractivity contribution is 6.04. The zero-order valence-electron chi connectivity index (χ0n) is 16.0. The van der Waals surface area contributed by atoms with Crippen LogP contribution < -0.4 is 5.43 Å². The van der Waals surface area contributed by atoms with Gasteiger partial charge in [-0.05, 0) is 64.4 Å². The summed E-state index contributed by atoms with van der Waals surface area (Å²) in [6, 6.07) is 11.9. The average Bonchev–Trinajstić information content (AvgIpc) is 2.60. The van der Waals surface area contributed by atoms with Gasteiger partial charge in [-0.15, -0.1) is 0 Å². The second-order valence-electron chi connectivity index (χ2n) is 7.89. The van der Waals surface area contributed by atoms with Crippen molar-refractivity contribution in [2.24, 2.45) is 0 Å². The summed E-state index contributed by atoms with van der Waals surface area (Å²) >= 11 is 0. The largest absolute Gasteiger partial charge is 0.456 e. The second kappa shape index (κ2) is 6.91. The molecule has 0 amide bonds. The van der Waals surface area contributed by atoms with Gasteiger partial charge in [-0.2, -0.15) is 0 Å². The highest BCUT2D eigenvalue weighted by atomic mass is 16.5. The fourth-order valence-corrected chi connectivity index (χ4v) is 2.91. The molecular formula is C22H24O5. The van der Waals surface area contributed by atoms with Crippen LogP contribution in [-0.2, 0) is 4.74 Å². The molecule has 27 heavy (non-hydrogen) atoms. The Hall–Kier alpha value is -2.50. The van der Waals surface area contributed by atoms with Crippen molar-refractivity contribution in [2.45, 2.75) is 45.3 Å². The Morgan fingerprint density at radius 3 is 2.41 bits per heavy atom. The van der Waals surface area contributed by atoms with Crippen molar-refractivity contribution in [3.63, 3.8) is 0 Å². The number of Topliss-reactive ketones (excluding diaryl/α,β-unsaturated/α-hetero) is 1. The van der Waals surface area contributed by atoms with Gasteiger partial charge in [-0.3, -0.25) is 9.59 Å². The third-order valence-corrected chi connectivity index (χ3v) is 4.56. The number of aliphatic hydroxyl groups is 1. The molecule has 0 fully saturated rings. The molecule has 0 aliphatic rings. The van der Waals surface area contributed by atoms with Crippen LogP contribution in [0.3, 0.4) is 0 Å². The number of carbonyl (C=O) groups is 1. The quantitative estimate of drug-likeness (QED) is 0.524. The van der Waals surface area contributed by atoms with Crippen LogP contribution in [0.1, 0.15) is 44.5 Å². The molecule has 0 saturated heterocycles. The van der Waals surface area contributed by atoms with E-state index in [-0.39, 0.29) is 17.8 Å². The third-order valence-electron chi connectivity index (χ3n) is 4.56. The maximum absolute atomic E-state index is 12.9. The Labute approximate surface area is 157 Å². The molecule has 0 aliphatic heterocycles. The molecule has 142 valence electrons. The maximum atomic E-state index is 12.9. The fourth-order valence-electron chi connectivity index (χ4n) is 2.91. The molecule has 0 spiro atoms. The molecule has 5 heteroatoms. The predicted molar refractivity (Wildman–Crippen MR) is 105 cm³/mol. The molecule has 0 aliphatic carbocycles. The van der Waals surface area contributed by atoms with Crippen LogP contribution in [0.15, 0.2) is 51.7 Å². The van der Waals surface area contributed by atoms with Gasteiger partial charge < -0.3 is 14.3 Å². The minimum atomic E-state index is -1.07. The third kappa shape index (κ3) is 4.10. The molecule has 0 radical (unpaired) electrons. The lowest BCUT2D eigenvalue weighted by atomic mass is 9.95. The molecule has 1 aromatic heterocycles. The molecule has 3 aromatic rings. The Balaban J connectivity index is 1.94. The van der Waals surface area contributed by atoms with E-state index in [1.54, 1.807) is 64.1 Å². The number of para-hydroxylation sites is 1. The van der Waals surface area contributed by atoms with Crippen molar-refractivity contribution in [1.82, 2.24) is 0 Å². The first-order chi connectivity index (χ1) is 12.6. The highest BCUT2D eigenvalue weighted by Gasteiger charge is 2.30. The summed E-state index contributed by atoms with van der Waals surface area (Å²) in [5.41, 5.74) is -0.751. The number of carbonyl (C=O) groups excluding carboxylic acids is 1. The minimum absolute atomic E-state index is 0.165. The van der Waals surface area contributed by atoms with Crippen LogP contribution in [0.25, 0.3) is 21.9 Å². The molecular weight excluding hydrogens is 344 g/mol. The van der Waals surface area contributed by atoms with Crippen LogP contribution in [-0.4, -0.2) is 28.7 Å². The Bertz CT molecular complexity index is 1050. The van der Waals surface area contributed by atoms with Gasteiger partial charge in [-0.25, -0.2) is 0 Å². The van der Waals surface area contributed by atoms with Crippen LogP contribution in [0.2, 0.25) is 0 Å². The first-order valence-corrected chi connectivity index (χ1v) is 8.95. The maximum Gasteiger partial charge on any atom is 0.200 e. The van der Waals surface area contributed by atoms with Crippen LogP contribution in [0.5, 0.6) is 0 Å². The molecule has 2 aromatic carbocycles. The lowest BCUT2D eigenvalue weighted by Crippen LogP contribution is -2.36. The molecule has 3 rings (SSSR count). The molecule has 5 nitrogen and oxygen atoms in total. The summed E-state index contributed by atoms with van der Waals surface area (Å²) in [5, 5.41) is 10.6. The van der Waals surface area contributed by atoms with E-state index in [2.05, 4.69) is 0 Å². The summed E-state index contributed by atoms with van der Waals surface area (Å²) < 4.78 is 11.5. The number of rotatable bonds is 6. The van der Waals surface area contributed by atoms with Crippen molar-refractivity contribution < 1.29 is 19.1 Å². The van der Waals surface area contributed by atoms with Gasteiger partial charge in [0.05, 0.1) is 23.0 Å². The summed E-state index contributed by atoms with van der Waals surface area (Å²) in [4.78, 5) is 25.7. The number of fused-ring (bicyclic) bond motifs is 2. The van der Waals surface area contributed by atoms with Gasteiger partial charge >= 0.3 is 0 Å². The van der Waals surface area contributed by atoms with E-state index in [4.69, 9.17) is 9.15 Å². The normalized spacial score (nSPS) is 12.6. The summed E-state index contributed by atoms with van der Waals surface area (Å²) in [6.07, 6.45) is 0.414. The van der Waals surface area contributed by atoms with E-state index in [9.17, 15) is 14.7 Å². The summed E-state index contributed by atoms with van der Waals surface area (Å²) in [5.74, 6) is -0.229. The molecule has 0 unspecified atom stereocenters. The molecule has 0 saturated carbocycles.